The summed E-state index contributed by atoms with van der Waals surface area (Å²) in [5, 5.41) is 7.71. The van der Waals surface area contributed by atoms with E-state index in [2.05, 4.69) is 91.8 Å². The normalized spacial score (nSPS) is 33.9. The smallest absolute Gasteiger partial charge is 0.251 e. The number of anilines is 1. The van der Waals surface area contributed by atoms with E-state index in [9.17, 15) is 9.18 Å². The first-order valence-electron chi connectivity index (χ1n) is 30.3. The molecule has 12 atom stereocenters. The van der Waals surface area contributed by atoms with Gasteiger partial charge in [0.25, 0.3) is 5.56 Å². The minimum atomic E-state index is -0.673. The van der Waals surface area contributed by atoms with E-state index in [4.69, 9.17) is 18.9 Å². The molecule has 8 unspecified atom stereocenters. The number of halogens is 1. The Kier molecular flexibility index (Phi) is 21.3. The Balaban J connectivity index is 0.756. The molecule has 12 heteroatoms. The molecule has 5 heterocycles. The van der Waals surface area contributed by atoms with Gasteiger partial charge in [0.05, 0.1) is 56.5 Å². The average molecular weight is 1010 g/mol. The summed E-state index contributed by atoms with van der Waals surface area (Å²) in [6.45, 7) is 30.9. The molecule has 0 amide bonds. The van der Waals surface area contributed by atoms with Crippen molar-refractivity contribution in [2.45, 2.75) is 225 Å². The lowest BCUT2D eigenvalue weighted by Gasteiger charge is -2.43. The number of aromatic nitrogens is 1. The molecule has 0 radical (unpaired) electrons. The molecule has 3 saturated heterocycles. The quantitative estimate of drug-likeness (QED) is 0.0983. The minimum Gasteiger partial charge on any atom is -0.375 e. The monoisotopic (exact) mass is 1010 g/mol. The Morgan fingerprint density at radius 1 is 0.875 bits per heavy atom. The second kappa shape index (κ2) is 27.1. The van der Waals surface area contributed by atoms with Gasteiger partial charge in [-0.3, -0.25) is 14.6 Å². The van der Waals surface area contributed by atoms with Crippen LogP contribution in [0.2, 0.25) is 0 Å². The van der Waals surface area contributed by atoms with Crippen LogP contribution in [0, 0.1) is 41.4 Å². The molecule has 3 aliphatic carbocycles. The molecule has 0 spiro atoms. The summed E-state index contributed by atoms with van der Waals surface area (Å²) in [7, 11) is 0. The van der Waals surface area contributed by atoms with Crippen LogP contribution in [-0.2, 0) is 30.8 Å². The maximum atomic E-state index is 13.9. The van der Waals surface area contributed by atoms with Gasteiger partial charge in [0.1, 0.15) is 6.17 Å². The van der Waals surface area contributed by atoms with Crippen LogP contribution in [0.4, 0.5) is 10.1 Å². The van der Waals surface area contributed by atoms with E-state index in [1.165, 1.54) is 63.6 Å². The Hall–Kier alpha value is -1.64. The number of H-pyrrole nitrogens is 1. The highest BCUT2D eigenvalue weighted by atomic mass is 19.1. The number of hydrogen-bond donors (Lipinski definition) is 3. The van der Waals surface area contributed by atoms with Crippen LogP contribution in [0.25, 0.3) is 0 Å². The van der Waals surface area contributed by atoms with Crippen molar-refractivity contribution < 1.29 is 23.3 Å². The predicted octanol–water partition coefficient (Wildman–Crippen LogP) is 9.93. The zero-order chi connectivity index (χ0) is 50.8. The molecule has 3 saturated carbocycles. The van der Waals surface area contributed by atoms with Gasteiger partial charge in [0.15, 0.2) is 0 Å². The highest BCUT2D eigenvalue weighted by Gasteiger charge is 2.41. The Morgan fingerprint density at radius 2 is 1.60 bits per heavy atom. The number of ether oxygens (including phenoxy) is 4. The van der Waals surface area contributed by atoms with E-state index < -0.39 is 6.17 Å². The molecule has 0 aromatic carbocycles. The van der Waals surface area contributed by atoms with Gasteiger partial charge in [0, 0.05) is 87.0 Å². The summed E-state index contributed by atoms with van der Waals surface area (Å²) in [6.07, 6.45) is 20.0. The van der Waals surface area contributed by atoms with Gasteiger partial charge in [0.2, 0.25) is 0 Å². The van der Waals surface area contributed by atoms with Crippen molar-refractivity contribution in [2.75, 3.05) is 90.2 Å². The molecule has 412 valence electrons. The number of rotatable bonds is 23. The SMILES string of the molecule is CCC(CC(C)N1CC(C)(C)c2[nH]c(=O)c(CC3CCC(F)CC3)cc21)C[C@@H](C)NCC(C)CN1CCO[C@H](COC2CCC(C3CCCCC3)C(OC[C@@H]3CN(CC4CN[C@H](C)CC4CC)CCO3)C2)C1. The van der Waals surface area contributed by atoms with Crippen molar-refractivity contribution in [2.24, 2.45) is 41.4 Å². The van der Waals surface area contributed by atoms with Crippen molar-refractivity contribution in [3.05, 3.63) is 27.7 Å². The summed E-state index contributed by atoms with van der Waals surface area (Å²) in [6, 6.07) is 3.64. The van der Waals surface area contributed by atoms with Crippen molar-refractivity contribution >= 4 is 5.69 Å². The third kappa shape index (κ3) is 15.7. The fraction of sp³-hybridized carbons (Fsp3) is 0.917. The zero-order valence-corrected chi connectivity index (χ0v) is 46.9. The van der Waals surface area contributed by atoms with E-state index in [-0.39, 0.29) is 35.4 Å². The number of piperidine rings is 1. The van der Waals surface area contributed by atoms with Gasteiger partial charge >= 0.3 is 0 Å². The van der Waals surface area contributed by atoms with Crippen LogP contribution in [0.3, 0.4) is 0 Å². The van der Waals surface area contributed by atoms with E-state index in [1.807, 2.05) is 0 Å². The first kappa shape index (κ1) is 56.6. The fourth-order valence-electron chi connectivity index (χ4n) is 15.0. The second-order valence-electron chi connectivity index (χ2n) is 25.9. The second-order valence-corrected chi connectivity index (χ2v) is 25.9. The molecule has 6 fully saturated rings. The van der Waals surface area contributed by atoms with Gasteiger partial charge in [-0.2, -0.15) is 0 Å². The summed E-state index contributed by atoms with van der Waals surface area (Å²) in [4.78, 5) is 24.5. The molecule has 3 N–H and O–H groups in total. The van der Waals surface area contributed by atoms with E-state index in [1.54, 1.807) is 0 Å². The number of fused-ring (bicyclic) bond motifs is 1. The molecular weight excluding hydrogens is 904 g/mol. The molecule has 11 nitrogen and oxygen atoms in total. The van der Waals surface area contributed by atoms with E-state index in [0.717, 1.165) is 146 Å². The maximum Gasteiger partial charge on any atom is 0.251 e. The lowest BCUT2D eigenvalue weighted by molar-refractivity contribution is -0.140. The molecule has 0 bridgehead atoms. The number of aromatic amines is 1. The van der Waals surface area contributed by atoms with E-state index in [0.29, 0.717) is 67.9 Å². The van der Waals surface area contributed by atoms with Crippen molar-refractivity contribution in [3.8, 4) is 0 Å². The van der Waals surface area contributed by atoms with Gasteiger partial charge < -0.3 is 39.5 Å². The zero-order valence-electron chi connectivity index (χ0n) is 46.9. The van der Waals surface area contributed by atoms with Crippen LogP contribution in [0.15, 0.2) is 10.9 Å². The van der Waals surface area contributed by atoms with Crippen molar-refractivity contribution in [3.63, 3.8) is 0 Å². The topological polar surface area (TPSA) is 104 Å². The number of nitrogens with zero attached hydrogens (tertiary/aromatic N) is 3. The molecule has 1 aromatic heterocycles. The Bertz CT molecular complexity index is 1820. The van der Waals surface area contributed by atoms with Gasteiger partial charge in [-0.15, -0.1) is 0 Å². The predicted molar refractivity (Wildman–Crippen MR) is 292 cm³/mol. The van der Waals surface area contributed by atoms with Gasteiger partial charge in [-0.05, 0) is 146 Å². The number of nitrogens with one attached hydrogen (secondary N) is 3. The standard InChI is InChI=1S/C60H105FN6O5/c1-9-45(28-44(6)67-40-60(7,8)58-56(67)30-49(59(68)64-58)29-46-16-18-51(61)19-17-46)26-42(4)62-32-41(3)34-65-22-24-69-53(36-65)38-71-52-20-21-55(48-14-12-11-13-15-48)57(31-52)72-39-54-37-66(23-25-70-54)35-50-33-63-43(5)27-47(50)10-2/h30,41-48,50-55,57,62-63H,9-29,31-40H2,1-8H3,(H,64,68)/t41?,42-,43-,44?,45?,46?,47?,50?,51?,52?,53+,54+,55?,57?/m1/s1. The minimum absolute atomic E-state index is 0.0499. The first-order chi connectivity index (χ1) is 34.7. The lowest BCUT2D eigenvalue weighted by Crippen LogP contribution is -2.51. The van der Waals surface area contributed by atoms with Gasteiger partial charge in [-0.25, -0.2) is 4.39 Å². The maximum absolute atomic E-state index is 13.9. The fourth-order valence-corrected chi connectivity index (χ4v) is 15.0. The average Bonchev–Trinajstić information content (AvgIpc) is 3.64. The molecular formula is C60H105FN6O5. The van der Waals surface area contributed by atoms with Crippen LogP contribution < -0.4 is 21.1 Å². The van der Waals surface area contributed by atoms with Crippen molar-refractivity contribution in [1.82, 2.24) is 25.4 Å². The number of hydrogen-bond acceptors (Lipinski definition) is 10. The summed E-state index contributed by atoms with van der Waals surface area (Å²) in [5.41, 5.74) is 3.10. The van der Waals surface area contributed by atoms with Gasteiger partial charge in [-0.1, -0.05) is 79.6 Å². The number of pyridine rings is 1. The molecule has 7 aliphatic rings. The molecule has 8 rings (SSSR count). The summed E-state index contributed by atoms with van der Waals surface area (Å²) < 4.78 is 40.5. The Morgan fingerprint density at radius 3 is 2.33 bits per heavy atom. The molecule has 4 aliphatic heterocycles. The highest BCUT2D eigenvalue weighted by Crippen LogP contribution is 2.43. The number of morpholine rings is 2. The highest BCUT2D eigenvalue weighted by molar-refractivity contribution is 5.61. The molecule has 1 aromatic rings. The van der Waals surface area contributed by atoms with Crippen LogP contribution in [-0.4, -0.2) is 149 Å². The first-order valence-corrected chi connectivity index (χ1v) is 30.3. The van der Waals surface area contributed by atoms with Crippen LogP contribution in [0.5, 0.6) is 0 Å². The van der Waals surface area contributed by atoms with Crippen LogP contribution >= 0.6 is 0 Å². The van der Waals surface area contributed by atoms with E-state index >= 15 is 0 Å². The number of alkyl halides is 1. The third-order valence-electron chi connectivity index (χ3n) is 19.4. The van der Waals surface area contributed by atoms with Crippen LogP contribution in [0.1, 0.15) is 176 Å². The van der Waals surface area contributed by atoms with Crippen molar-refractivity contribution in [1.29, 1.82) is 0 Å². The Labute approximate surface area is 437 Å². The third-order valence-corrected chi connectivity index (χ3v) is 19.4. The summed E-state index contributed by atoms with van der Waals surface area (Å²) in [5.74, 6) is 4.50. The molecule has 72 heavy (non-hydrogen) atoms. The lowest BCUT2D eigenvalue weighted by atomic mass is 9.71. The summed E-state index contributed by atoms with van der Waals surface area (Å²) >= 11 is 0. The largest absolute Gasteiger partial charge is 0.375 e.